The number of ether oxygens (including phenoxy) is 1. The molecule has 0 amide bonds. The van der Waals surface area contributed by atoms with Crippen LogP contribution in [0.5, 0.6) is 5.75 Å². The van der Waals surface area contributed by atoms with Crippen molar-refractivity contribution in [3.63, 3.8) is 0 Å². The van der Waals surface area contributed by atoms with Crippen LogP contribution in [0.3, 0.4) is 0 Å². The van der Waals surface area contributed by atoms with Crippen molar-refractivity contribution in [3.8, 4) is 5.75 Å². The summed E-state index contributed by atoms with van der Waals surface area (Å²) < 4.78 is 121. The number of aliphatic hydroxyl groups is 1. The van der Waals surface area contributed by atoms with Crippen LogP contribution in [0.1, 0.15) is 30.0 Å². The van der Waals surface area contributed by atoms with E-state index >= 15 is 0 Å². The third kappa shape index (κ3) is 7.10. The average Bonchev–Trinajstić information content (AvgIpc) is 2.68. The van der Waals surface area contributed by atoms with Crippen molar-refractivity contribution in [1.29, 1.82) is 0 Å². The Balaban J connectivity index is 2.74. The molecule has 0 saturated carbocycles. The van der Waals surface area contributed by atoms with Crippen molar-refractivity contribution >= 4 is 5.78 Å². The average molecular weight is 503 g/mol. The highest BCUT2D eigenvalue weighted by Gasteiger charge is 2.43. The van der Waals surface area contributed by atoms with Crippen molar-refractivity contribution < 1.29 is 54.2 Å². The van der Waals surface area contributed by atoms with Gasteiger partial charge < -0.3 is 15.2 Å². The molecule has 0 bridgehead atoms. The number of carbonyl (C=O) groups is 1. The quantitative estimate of drug-likeness (QED) is 0.478. The van der Waals surface area contributed by atoms with E-state index in [4.69, 9.17) is 0 Å². The lowest BCUT2D eigenvalue weighted by atomic mass is 9.78. The number of benzene rings is 2. The first-order chi connectivity index (χ1) is 15.4. The van der Waals surface area contributed by atoms with Crippen LogP contribution >= 0.6 is 0 Å². The molecule has 2 rings (SSSR count). The molecule has 0 radical (unpaired) electrons. The largest absolute Gasteiger partial charge is 0.573 e. The number of hydrogen-bond donors (Lipinski definition) is 2. The molecule has 188 valence electrons. The van der Waals surface area contributed by atoms with E-state index in [1.165, 1.54) is 0 Å². The van der Waals surface area contributed by atoms with Crippen molar-refractivity contribution in [2.75, 3.05) is 6.54 Å². The molecule has 2 aromatic carbocycles. The van der Waals surface area contributed by atoms with Gasteiger partial charge in [0.15, 0.2) is 6.10 Å². The summed E-state index contributed by atoms with van der Waals surface area (Å²) in [6.07, 6.45) is -18.9. The van der Waals surface area contributed by atoms with Crippen LogP contribution in [0.2, 0.25) is 0 Å². The highest BCUT2D eigenvalue weighted by Crippen LogP contribution is 2.39. The molecular weight excluding hydrogens is 485 g/mol. The van der Waals surface area contributed by atoms with Crippen LogP contribution in [0.4, 0.5) is 39.5 Å². The summed E-state index contributed by atoms with van der Waals surface area (Å²) in [4.78, 5) is 12.1. The molecule has 0 heterocycles. The second-order valence-electron chi connectivity index (χ2n) is 7.38. The normalized spacial score (nSPS) is 15.5. The summed E-state index contributed by atoms with van der Waals surface area (Å²) in [5.41, 5.74) is -4.04. The lowest BCUT2D eigenvalue weighted by molar-refractivity contribution is -0.274. The van der Waals surface area contributed by atoms with Crippen LogP contribution < -0.4 is 10.1 Å². The summed E-state index contributed by atoms with van der Waals surface area (Å²) >= 11 is 0. The number of carbonyl (C=O) groups excluding carboxylic acids is 1. The second kappa shape index (κ2) is 9.82. The molecule has 0 aromatic heterocycles. The molecule has 2 atom stereocenters. The van der Waals surface area contributed by atoms with Crippen molar-refractivity contribution in [1.82, 2.24) is 5.32 Å². The maximum atomic E-state index is 13.3. The van der Waals surface area contributed by atoms with Gasteiger partial charge in [0.2, 0.25) is 0 Å². The van der Waals surface area contributed by atoms with Gasteiger partial charge in [-0.15, -0.1) is 13.2 Å². The summed E-state index contributed by atoms with van der Waals surface area (Å²) in [5.74, 6) is -1.53. The van der Waals surface area contributed by atoms with E-state index < -0.39 is 60.4 Å². The smallest absolute Gasteiger partial charge is 0.406 e. The van der Waals surface area contributed by atoms with Crippen LogP contribution in [0.25, 0.3) is 0 Å². The minimum Gasteiger partial charge on any atom is -0.406 e. The van der Waals surface area contributed by atoms with Crippen molar-refractivity contribution in [3.05, 3.63) is 65.2 Å². The molecule has 13 heteroatoms. The third-order valence-corrected chi connectivity index (χ3v) is 4.73. The molecule has 34 heavy (non-hydrogen) atoms. The molecule has 0 spiro atoms. The summed E-state index contributed by atoms with van der Waals surface area (Å²) in [6.45, 7) is -0.280. The Kier molecular flexibility index (Phi) is 7.93. The predicted octanol–water partition coefficient (Wildman–Crippen LogP) is 5.34. The predicted molar refractivity (Wildman–Crippen MR) is 101 cm³/mol. The Morgan fingerprint density at radius 3 is 1.94 bits per heavy atom. The fraction of sp³-hybridized carbons (Fsp3) is 0.381. The molecule has 1 unspecified atom stereocenters. The van der Waals surface area contributed by atoms with Gasteiger partial charge in [-0.1, -0.05) is 24.3 Å². The Bertz CT molecular complexity index is 1000. The molecule has 0 aliphatic heterocycles. The van der Waals surface area contributed by atoms with Gasteiger partial charge in [-0.3, -0.25) is 4.79 Å². The van der Waals surface area contributed by atoms with Crippen LogP contribution in [0, 0.1) is 0 Å². The number of ketones is 1. The Morgan fingerprint density at radius 1 is 0.912 bits per heavy atom. The topological polar surface area (TPSA) is 58.6 Å². The number of halogens is 9. The lowest BCUT2D eigenvalue weighted by Crippen LogP contribution is -2.50. The van der Waals surface area contributed by atoms with E-state index in [1.54, 1.807) is 0 Å². The Hall–Kier alpha value is -2.80. The summed E-state index contributed by atoms with van der Waals surface area (Å²) in [5, 5.41) is 11.7. The molecule has 2 N–H and O–H groups in total. The van der Waals surface area contributed by atoms with E-state index in [0.29, 0.717) is 12.1 Å². The Labute approximate surface area is 187 Å². The molecule has 4 nitrogen and oxygen atoms in total. The lowest BCUT2D eigenvalue weighted by Gasteiger charge is -2.37. The second-order valence-corrected chi connectivity index (χ2v) is 7.38. The first kappa shape index (κ1) is 27.4. The molecule has 0 aliphatic carbocycles. The summed E-state index contributed by atoms with van der Waals surface area (Å²) in [6, 6.07) is 6.99. The molecule has 0 aliphatic rings. The number of hydrogen-bond acceptors (Lipinski definition) is 4. The van der Waals surface area contributed by atoms with E-state index in [9.17, 15) is 49.4 Å². The number of alkyl halides is 9. The maximum absolute atomic E-state index is 13.3. The van der Waals surface area contributed by atoms with Crippen LogP contribution in [-0.2, 0) is 16.5 Å². The fourth-order valence-electron chi connectivity index (χ4n) is 3.32. The summed E-state index contributed by atoms with van der Waals surface area (Å²) in [7, 11) is 0. The number of rotatable bonds is 8. The van der Waals surface area contributed by atoms with Gasteiger partial charge in [-0.25, -0.2) is 0 Å². The van der Waals surface area contributed by atoms with Crippen LogP contribution in [0.15, 0.2) is 48.5 Å². The van der Waals surface area contributed by atoms with E-state index in [2.05, 4.69) is 10.1 Å². The molecule has 2 aromatic rings. The van der Waals surface area contributed by atoms with E-state index in [1.807, 2.05) is 0 Å². The van der Waals surface area contributed by atoms with Gasteiger partial charge in [0.1, 0.15) is 11.5 Å². The van der Waals surface area contributed by atoms with Crippen LogP contribution in [-0.4, -0.2) is 36.1 Å². The van der Waals surface area contributed by atoms with Crippen molar-refractivity contribution in [2.24, 2.45) is 0 Å². The fourth-order valence-corrected chi connectivity index (χ4v) is 3.32. The highest BCUT2D eigenvalue weighted by atomic mass is 19.4. The van der Waals surface area contributed by atoms with E-state index in [-0.39, 0.29) is 11.1 Å². The van der Waals surface area contributed by atoms with Gasteiger partial charge in [-0.05, 0) is 42.3 Å². The minimum atomic E-state index is -5.14. The van der Waals surface area contributed by atoms with E-state index in [0.717, 1.165) is 43.3 Å². The molecule has 0 saturated heterocycles. The van der Waals surface area contributed by atoms with Gasteiger partial charge in [-0.2, -0.15) is 26.3 Å². The molecule has 0 fully saturated rings. The highest BCUT2D eigenvalue weighted by molar-refractivity contribution is 5.78. The minimum absolute atomic E-state index is 0.293. The zero-order chi connectivity index (χ0) is 25.9. The zero-order valence-corrected chi connectivity index (χ0v) is 17.3. The first-order valence-electron chi connectivity index (χ1n) is 9.47. The van der Waals surface area contributed by atoms with Gasteiger partial charge in [0.05, 0.1) is 11.1 Å². The zero-order valence-electron chi connectivity index (χ0n) is 17.3. The number of Topliss-reactive ketones (excluding diaryl/α,β-unsaturated/α-hetero) is 1. The van der Waals surface area contributed by atoms with Crippen molar-refractivity contribution in [2.45, 2.75) is 43.7 Å². The Morgan fingerprint density at radius 2 is 1.44 bits per heavy atom. The monoisotopic (exact) mass is 503 g/mol. The first-order valence-corrected chi connectivity index (χ1v) is 9.47. The van der Waals surface area contributed by atoms with Gasteiger partial charge in [0.25, 0.3) is 0 Å². The van der Waals surface area contributed by atoms with Gasteiger partial charge >= 0.3 is 18.7 Å². The number of nitrogens with one attached hydrogen (secondary N) is 1. The standard InChI is InChI=1S/C21H18F9NO3/c1-12(32)10-18(31-11-17(33)20(25,26)27,13-4-2-6-15(8-13)19(22,23)24)14-5-3-7-16(9-14)34-21(28,29)30/h2-9,17,31,33H,10-11H2,1H3/t17-,18?/m1/s1. The SMILES string of the molecule is CC(=O)CC(NC[C@@H](O)C(F)(F)F)(c1cccc(OC(F)(F)F)c1)c1cccc(C(F)(F)F)c1. The van der Waals surface area contributed by atoms with Gasteiger partial charge in [0, 0.05) is 13.0 Å². The third-order valence-electron chi connectivity index (χ3n) is 4.73. The maximum Gasteiger partial charge on any atom is 0.573 e. The number of aliphatic hydroxyl groups excluding tert-OH is 1. The molecular formula is C21H18F9NO3.